The molecule has 0 bridgehead atoms. The monoisotopic (exact) mass is 788 g/mol. The summed E-state index contributed by atoms with van der Waals surface area (Å²) in [6.45, 7) is 19.1. The predicted octanol–water partition coefficient (Wildman–Crippen LogP) is 4.76. The van der Waals surface area contributed by atoms with Gasteiger partial charge >= 0.3 is 0 Å². The molecule has 1 atom stereocenters. The molecule has 3 aromatic rings. The van der Waals surface area contributed by atoms with Crippen LogP contribution in [0.3, 0.4) is 0 Å². The van der Waals surface area contributed by atoms with Gasteiger partial charge in [0.15, 0.2) is 0 Å². The molecule has 3 N–H and O–H groups in total. The van der Waals surface area contributed by atoms with Crippen LogP contribution < -0.4 is 30.5 Å². The topological polar surface area (TPSA) is 160 Å². The number of ether oxygens (including phenoxy) is 1. The molecule has 0 unspecified atom stereocenters. The van der Waals surface area contributed by atoms with E-state index in [1.807, 2.05) is 44.2 Å². The lowest BCUT2D eigenvalue weighted by Gasteiger charge is -2.63. The van der Waals surface area contributed by atoms with E-state index in [0.717, 1.165) is 86.9 Å². The fourth-order valence-corrected chi connectivity index (χ4v) is 9.84. The maximum absolute atomic E-state index is 13.5. The Bertz CT molecular complexity index is 2040. The largest absolute Gasteiger partial charge is 0.489 e. The van der Waals surface area contributed by atoms with Crippen LogP contribution in [0, 0.1) is 41.9 Å². The Balaban J connectivity index is 0.837. The van der Waals surface area contributed by atoms with Crippen LogP contribution in [-0.4, -0.2) is 97.5 Å². The molecular formula is C45H56N8O5. The number of hydrogen-bond donors (Lipinski definition) is 3. The first kappa shape index (κ1) is 40.7. The molecule has 13 nitrogen and oxygen atoms in total. The van der Waals surface area contributed by atoms with Gasteiger partial charge in [-0.1, -0.05) is 27.7 Å². The van der Waals surface area contributed by atoms with Crippen molar-refractivity contribution in [3.63, 3.8) is 0 Å². The van der Waals surface area contributed by atoms with Crippen LogP contribution >= 0.6 is 0 Å². The highest BCUT2D eigenvalue weighted by molar-refractivity contribution is 6.03. The average molecular weight is 789 g/mol. The maximum Gasteiger partial charge on any atom is 0.270 e. The maximum atomic E-state index is 13.5. The number of nitrogens with one attached hydrogen (secondary N) is 3. The van der Waals surface area contributed by atoms with E-state index >= 15 is 0 Å². The molecule has 13 heteroatoms. The summed E-state index contributed by atoms with van der Waals surface area (Å²) in [6, 6.07) is 16.9. The Morgan fingerprint density at radius 1 is 0.845 bits per heavy atom. The summed E-state index contributed by atoms with van der Waals surface area (Å²) in [5, 5.41) is 17.7. The molecule has 4 heterocycles. The first-order valence-corrected chi connectivity index (χ1v) is 20.6. The number of nitriles is 1. The zero-order valence-electron chi connectivity index (χ0n) is 34.6. The molecule has 0 radical (unpaired) electrons. The summed E-state index contributed by atoms with van der Waals surface area (Å²) in [6.07, 6.45) is 4.32. The van der Waals surface area contributed by atoms with Crippen molar-refractivity contribution in [1.82, 2.24) is 25.8 Å². The van der Waals surface area contributed by atoms with E-state index in [2.05, 4.69) is 81.5 Å². The van der Waals surface area contributed by atoms with E-state index in [9.17, 15) is 24.4 Å². The Hall–Kier alpha value is -5.48. The summed E-state index contributed by atoms with van der Waals surface area (Å²) in [7, 11) is 0. The minimum atomic E-state index is -0.731. The van der Waals surface area contributed by atoms with E-state index in [1.165, 1.54) is 0 Å². The van der Waals surface area contributed by atoms with Gasteiger partial charge in [-0.25, -0.2) is 4.98 Å². The van der Waals surface area contributed by atoms with E-state index in [-0.39, 0.29) is 53.3 Å². The second-order valence-electron chi connectivity index (χ2n) is 17.7. The zero-order valence-corrected chi connectivity index (χ0v) is 34.6. The lowest BCUT2D eigenvalue weighted by Crippen LogP contribution is -2.74. The second kappa shape index (κ2) is 16.4. The summed E-state index contributed by atoms with van der Waals surface area (Å²) in [4.78, 5) is 61.2. The van der Waals surface area contributed by atoms with Gasteiger partial charge in [0.05, 0.1) is 23.5 Å². The van der Waals surface area contributed by atoms with Crippen molar-refractivity contribution in [2.24, 2.45) is 16.7 Å². The quantitative estimate of drug-likeness (QED) is 0.245. The number of pyridine rings is 1. The number of amides is 4. The van der Waals surface area contributed by atoms with Crippen LogP contribution in [0.25, 0.3) is 0 Å². The van der Waals surface area contributed by atoms with Crippen molar-refractivity contribution in [3.8, 4) is 11.8 Å². The molecule has 4 aliphatic rings. The van der Waals surface area contributed by atoms with Crippen LogP contribution in [0.5, 0.6) is 5.75 Å². The van der Waals surface area contributed by atoms with Crippen molar-refractivity contribution >= 4 is 35.0 Å². The number of hydrogen-bond acceptors (Lipinski definition) is 10. The van der Waals surface area contributed by atoms with Gasteiger partial charge in [0.2, 0.25) is 11.8 Å². The van der Waals surface area contributed by atoms with Gasteiger partial charge in [0.25, 0.3) is 11.8 Å². The third kappa shape index (κ3) is 8.39. The molecule has 1 saturated carbocycles. The van der Waals surface area contributed by atoms with E-state index in [0.29, 0.717) is 17.0 Å². The normalized spacial score (nSPS) is 23.3. The number of imide groups is 1. The molecule has 3 aliphatic heterocycles. The minimum Gasteiger partial charge on any atom is -0.489 e. The van der Waals surface area contributed by atoms with Crippen molar-refractivity contribution in [3.05, 3.63) is 82.7 Å². The van der Waals surface area contributed by atoms with Crippen LogP contribution in [0.4, 0.5) is 11.4 Å². The fourth-order valence-electron chi connectivity index (χ4n) is 9.84. The third-order valence-corrected chi connectivity index (χ3v) is 12.9. The molecule has 1 aromatic heterocycles. The third-order valence-electron chi connectivity index (χ3n) is 12.9. The molecule has 4 amide bonds. The molecule has 7 rings (SSSR count). The highest BCUT2D eigenvalue weighted by atomic mass is 16.5. The van der Waals surface area contributed by atoms with Gasteiger partial charge in [-0.05, 0) is 98.7 Å². The first-order valence-electron chi connectivity index (χ1n) is 20.6. The van der Waals surface area contributed by atoms with E-state index < -0.39 is 17.9 Å². The zero-order chi connectivity index (χ0) is 41.4. The van der Waals surface area contributed by atoms with Gasteiger partial charge in [-0.15, -0.1) is 0 Å². The lowest BCUT2D eigenvalue weighted by atomic mass is 9.49. The number of anilines is 2. The van der Waals surface area contributed by atoms with Crippen molar-refractivity contribution in [1.29, 1.82) is 5.26 Å². The number of carbonyl (C=O) groups is 4. The second-order valence-corrected chi connectivity index (χ2v) is 17.7. The lowest BCUT2D eigenvalue weighted by molar-refractivity contribution is -0.164. The van der Waals surface area contributed by atoms with Gasteiger partial charge in [-0.3, -0.25) is 29.4 Å². The van der Waals surface area contributed by atoms with Crippen molar-refractivity contribution < 1.29 is 23.9 Å². The van der Waals surface area contributed by atoms with Gasteiger partial charge in [0, 0.05) is 80.4 Å². The predicted molar refractivity (Wildman–Crippen MR) is 222 cm³/mol. The highest BCUT2D eigenvalue weighted by Gasteiger charge is 2.64. The molecule has 1 aliphatic carbocycles. The summed E-state index contributed by atoms with van der Waals surface area (Å²) in [5.74, 6) is 0.0690. The average Bonchev–Trinajstić information content (AvgIpc) is 3.20. The number of rotatable bonds is 10. The summed E-state index contributed by atoms with van der Waals surface area (Å²) < 4.78 is 6.55. The van der Waals surface area contributed by atoms with E-state index in [4.69, 9.17) is 4.74 Å². The van der Waals surface area contributed by atoms with Crippen LogP contribution in [0.15, 0.2) is 54.7 Å². The molecule has 306 valence electrons. The number of aryl methyl sites for hydroxylation is 2. The number of nitrogens with zero attached hydrogens (tertiary/aromatic N) is 5. The molecule has 2 aromatic carbocycles. The van der Waals surface area contributed by atoms with Crippen LogP contribution in [0.1, 0.15) is 90.9 Å². The Labute approximate surface area is 341 Å². The number of aromatic nitrogens is 1. The molecule has 3 saturated heterocycles. The number of benzene rings is 2. The van der Waals surface area contributed by atoms with Gasteiger partial charge in [-0.2, -0.15) is 5.26 Å². The smallest absolute Gasteiger partial charge is 0.270 e. The Morgan fingerprint density at radius 2 is 1.47 bits per heavy atom. The molecule has 0 spiro atoms. The van der Waals surface area contributed by atoms with Crippen molar-refractivity contribution in [2.75, 3.05) is 55.6 Å². The minimum absolute atomic E-state index is 0.0808. The number of piperidine rings is 2. The fraction of sp³-hybridized carbons (Fsp3) is 0.511. The Morgan fingerprint density at radius 3 is 2.05 bits per heavy atom. The molecule has 58 heavy (non-hydrogen) atoms. The van der Waals surface area contributed by atoms with Gasteiger partial charge < -0.3 is 25.2 Å². The van der Waals surface area contributed by atoms with E-state index in [1.54, 1.807) is 12.3 Å². The van der Waals surface area contributed by atoms with Crippen LogP contribution in [-0.2, 0) is 9.59 Å². The van der Waals surface area contributed by atoms with Gasteiger partial charge in [0.1, 0.15) is 23.6 Å². The van der Waals surface area contributed by atoms with Crippen molar-refractivity contribution in [2.45, 2.75) is 85.4 Å². The Kier molecular flexibility index (Phi) is 11.5. The van der Waals surface area contributed by atoms with Crippen LogP contribution in [0.2, 0.25) is 0 Å². The highest BCUT2D eigenvalue weighted by Crippen LogP contribution is 2.55. The molecule has 4 fully saturated rings. The first-order chi connectivity index (χ1) is 27.6. The molecular weight excluding hydrogens is 733 g/mol. The number of carbonyl (C=O) groups excluding carboxylic acids is 4. The SMILES string of the molecule is Cc1cc(O[C@H]2C(C)(C)[C@H](NC(=O)c3ccc(N4CCC(CN5CCN(c6ccc(C(=O)N[C@H]7CCC(=O)NC7=O)nc6)CC5)CC4)cc3)C2(C)C)cc(C)c1C#N. The summed E-state index contributed by atoms with van der Waals surface area (Å²) >= 11 is 0. The number of piperazine rings is 1. The summed E-state index contributed by atoms with van der Waals surface area (Å²) in [5.41, 5.74) is 4.87. The standard InChI is InChI=1S/C45H56N8O5/c1-28-23-34(24-29(2)35(28)25-46)58-43-44(3,4)42(45(43,5)6)50-39(55)31-7-9-32(10-8-31)52-17-15-30(16-18-52)27-51-19-21-53(22-20-51)33-11-12-36(47-26-33)40(56)48-37-13-14-38(54)49-41(37)57/h7-12,23-24,26,30,37,42-43H,13-22,27H2,1-6H3,(H,48,56)(H,50,55)(H,49,54,57)/t37-,42-,43-/m0/s1.